The van der Waals surface area contributed by atoms with Gasteiger partial charge in [-0.1, -0.05) is 0 Å². The molecular weight excluding hydrogens is 507 g/mol. The quantitative estimate of drug-likeness (QED) is 0.606. The number of nitrogens with one attached hydrogen (secondary N) is 1. The molecule has 2 aliphatic heterocycles. The Labute approximate surface area is 200 Å². The first kappa shape index (κ1) is 24.0. The molecular formula is C23H32N2O4SSeSi. The van der Waals surface area contributed by atoms with Gasteiger partial charge in [-0.05, 0) is 0 Å². The van der Waals surface area contributed by atoms with Gasteiger partial charge in [0.05, 0.1) is 0 Å². The van der Waals surface area contributed by atoms with E-state index in [-0.39, 0.29) is 57.8 Å². The number of hydrogen-bond acceptors (Lipinski definition) is 5. The van der Waals surface area contributed by atoms with E-state index in [0.717, 1.165) is 0 Å². The van der Waals surface area contributed by atoms with Crippen molar-refractivity contribution in [2.24, 2.45) is 0 Å². The Morgan fingerprint density at radius 1 is 1.06 bits per heavy atom. The first-order valence-electron chi connectivity index (χ1n) is 10.9. The summed E-state index contributed by atoms with van der Waals surface area (Å²) >= 11 is 1.83. The number of thioether (sulfide) groups is 1. The number of rotatable bonds is 3. The van der Waals surface area contributed by atoms with Crippen LogP contribution >= 0.6 is 11.8 Å². The van der Waals surface area contributed by atoms with Crippen LogP contribution in [-0.2, 0) is 8.85 Å². The molecule has 0 amide bonds. The van der Waals surface area contributed by atoms with Crippen molar-refractivity contribution in [3.8, 4) is 0 Å². The topological polar surface area (TPSA) is 73.3 Å². The van der Waals surface area contributed by atoms with Crippen molar-refractivity contribution in [1.82, 2.24) is 9.55 Å². The van der Waals surface area contributed by atoms with Crippen molar-refractivity contribution in [1.29, 1.82) is 0 Å². The first-order valence-corrected chi connectivity index (χ1v) is 15.5. The number of fused-ring (bicyclic) bond motifs is 1. The molecule has 174 valence electrons. The third-order valence-corrected chi connectivity index (χ3v) is 16.0. The van der Waals surface area contributed by atoms with E-state index in [4.69, 9.17) is 8.85 Å². The van der Waals surface area contributed by atoms with Crippen LogP contribution in [0.5, 0.6) is 0 Å². The average molecular weight is 540 g/mol. The predicted octanol–water partition coefficient (Wildman–Crippen LogP) is 3.43. The first-order chi connectivity index (χ1) is 14.9. The van der Waals surface area contributed by atoms with Crippen LogP contribution in [0, 0.1) is 0 Å². The third-order valence-electron chi connectivity index (χ3n) is 6.15. The van der Waals surface area contributed by atoms with E-state index in [2.05, 4.69) is 70.8 Å². The Bertz CT molecular complexity index is 1060. The van der Waals surface area contributed by atoms with E-state index in [9.17, 15) is 9.59 Å². The summed E-state index contributed by atoms with van der Waals surface area (Å²) in [5.41, 5.74) is -0.734. The van der Waals surface area contributed by atoms with Gasteiger partial charge in [0.15, 0.2) is 0 Å². The maximum atomic E-state index is 12.7. The molecule has 1 N–H and O–H groups in total. The summed E-state index contributed by atoms with van der Waals surface area (Å²) in [7, 11) is -2.63. The molecule has 3 heterocycles. The van der Waals surface area contributed by atoms with Gasteiger partial charge in [0.25, 0.3) is 0 Å². The molecule has 0 aliphatic carbocycles. The fourth-order valence-electron chi connectivity index (χ4n) is 4.95. The monoisotopic (exact) mass is 540 g/mol. The van der Waals surface area contributed by atoms with Crippen LogP contribution in [0.1, 0.15) is 46.9 Å². The fourth-order valence-corrected chi connectivity index (χ4v) is 15.4. The van der Waals surface area contributed by atoms with E-state index < -0.39 is 8.56 Å². The third kappa shape index (κ3) is 4.24. The molecule has 32 heavy (non-hydrogen) atoms. The normalized spacial score (nSPS) is 27.8. The minimum atomic E-state index is -2.63. The van der Waals surface area contributed by atoms with Crippen molar-refractivity contribution >= 4 is 39.7 Å². The molecule has 0 radical (unpaired) electrons. The van der Waals surface area contributed by atoms with Crippen LogP contribution in [0.2, 0.25) is 14.9 Å². The summed E-state index contributed by atoms with van der Waals surface area (Å²) in [6, 6.07) is 11.9. The number of aromatic amines is 1. The van der Waals surface area contributed by atoms with Crippen LogP contribution in [0.25, 0.3) is 0 Å². The van der Waals surface area contributed by atoms with E-state index in [1.807, 2.05) is 6.07 Å². The second-order valence-corrected chi connectivity index (χ2v) is 19.2. The Morgan fingerprint density at radius 3 is 2.31 bits per heavy atom. The average Bonchev–Trinajstić information content (AvgIpc) is 3.04. The van der Waals surface area contributed by atoms with E-state index >= 15 is 0 Å². The number of nitrogens with zero attached hydrogens (tertiary/aromatic N) is 1. The summed E-state index contributed by atoms with van der Waals surface area (Å²) in [5, 5.41) is -0.154. The van der Waals surface area contributed by atoms with Crippen LogP contribution < -0.4 is 15.7 Å². The van der Waals surface area contributed by atoms with Crippen molar-refractivity contribution in [3.05, 3.63) is 63.4 Å². The summed E-state index contributed by atoms with van der Waals surface area (Å²) < 4.78 is 16.8. The summed E-state index contributed by atoms with van der Waals surface area (Å²) in [5.74, 6) is 0. The van der Waals surface area contributed by atoms with Crippen molar-refractivity contribution in [2.75, 3.05) is 6.61 Å². The number of hydrogen-bond donors (Lipinski definition) is 1. The van der Waals surface area contributed by atoms with Gasteiger partial charge in [-0.2, -0.15) is 0 Å². The molecule has 6 nitrogen and oxygen atoms in total. The molecule has 1 aromatic heterocycles. The van der Waals surface area contributed by atoms with Gasteiger partial charge >= 0.3 is 201 Å². The second-order valence-electron chi connectivity index (χ2n) is 10.5. The molecule has 4 rings (SSSR count). The van der Waals surface area contributed by atoms with Crippen LogP contribution in [0.4, 0.5) is 0 Å². The van der Waals surface area contributed by atoms with Gasteiger partial charge in [-0.3, -0.25) is 0 Å². The van der Waals surface area contributed by atoms with Gasteiger partial charge in [-0.15, -0.1) is 0 Å². The van der Waals surface area contributed by atoms with Crippen LogP contribution in [0.3, 0.4) is 0 Å². The Balaban J connectivity index is 1.77. The fraction of sp³-hybridized carbons (Fsp3) is 0.565. The Morgan fingerprint density at radius 2 is 1.72 bits per heavy atom. The molecule has 0 bridgehead atoms. The van der Waals surface area contributed by atoms with Gasteiger partial charge in [0, 0.05) is 0 Å². The molecule has 0 saturated carbocycles. The standard InChI is InChI=1S/C23H32N2O4SSeSi/c1-22(2,3)32(23(4,5)6)28-14-16-18(29-32)19(31-15-10-8-7-9-11-15)20(30-16)25-13-12-17(26)24-21(25)27/h7-13,16,18-20H,14H2,1-6H3,(H,24,26,27)/t16-,18-,19-,20-/m1/s1. The van der Waals surface area contributed by atoms with E-state index in [1.165, 1.54) is 10.5 Å². The zero-order valence-corrected chi connectivity index (χ0v) is 23.0. The van der Waals surface area contributed by atoms with E-state index in [1.54, 1.807) is 22.5 Å². The number of aromatic nitrogens is 2. The zero-order chi connectivity index (χ0) is 23.3. The zero-order valence-electron chi connectivity index (χ0n) is 19.5. The summed E-state index contributed by atoms with van der Waals surface area (Å²) in [6.45, 7) is 14.0. The molecule has 0 unspecified atom stereocenters. The molecule has 9 heteroatoms. The minimum absolute atomic E-state index is 0.00269. The Kier molecular flexibility index (Phi) is 6.46. The van der Waals surface area contributed by atoms with Gasteiger partial charge in [-0.25, -0.2) is 0 Å². The van der Waals surface area contributed by atoms with Crippen LogP contribution in [0.15, 0.2) is 52.2 Å². The molecule has 2 aliphatic rings. The van der Waals surface area contributed by atoms with Crippen molar-refractivity contribution in [3.63, 3.8) is 0 Å². The number of benzene rings is 1. The van der Waals surface area contributed by atoms with Gasteiger partial charge in [0.1, 0.15) is 0 Å². The maximum absolute atomic E-state index is 12.7. The molecule has 4 atom stereocenters. The van der Waals surface area contributed by atoms with Crippen molar-refractivity contribution < 1.29 is 8.85 Å². The molecule has 1 aromatic carbocycles. The van der Waals surface area contributed by atoms with Crippen LogP contribution in [-0.4, -0.2) is 51.0 Å². The van der Waals surface area contributed by atoms with Crippen molar-refractivity contribution in [2.45, 2.75) is 73.2 Å². The molecule has 2 fully saturated rings. The molecule has 2 aromatic rings. The molecule has 2 saturated heterocycles. The Hall–Kier alpha value is -1.09. The summed E-state index contributed by atoms with van der Waals surface area (Å²) in [4.78, 5) is 27.0. The second kappa shape index (κ2) is 8.60. The van der Waals surface area contributed by atoms with Gasteiger partial charge < -0.3 is 0 Å². The molecule has 0 spiro atoms. The van der Waals surface area contributed by atoms with E-state index in [0.29, 0.717) is 6.61 Å². The summed E-state index contributed by atoms with van der Waals surface area (Å²) in [6.07, 6.45) is 1.63. The number of H-pyrrole nitrogens is 1. The van der Waals surface area contributed by atoms with Gasteiger partial charge in [0.2, 0.25) is 0 Å². The SMILES string of the molecule is CC(C)(C)[Si]1(C(C)(C)C)OC[C@H]2S[C@@H](n3ccc(=O)[nH]c3=O)[C@H]([Se]c3ccccc3)[C@@H]2O1. The predicted molar refractivity (Wildman–Crippen MR) is 133 cm³/mol.